The fraction of sp³-hybridized carbons (Fsp3) is 0.846. The number of carbonyl (C=O) groups excluding carboxylic acids is 4. The first kappa shape index (κ1) is 31.0. The lowest BCUT2D eigenvalue weighted by Crippen LogP contribution is -2.36. The van der Waals surface area contributed by atoms with Gasteiger partial charge in [-0.1, -0.05) is 12.8 Å². The number of carbonyl (C=O) groups is 4. The Bertz CT molecular complexity index is 802. The van der Waals surface area contributed by atoms with E-state index in [4.69, 9.17) is 9.47 Å². The number of thioether (sulfide) groups is 2. The molecule has 0 aromatic heterocycles. The van der Waals surface area contributed by atoms with Gasteiger partial charge < -0.3 is 41.4 Å². The van der Waals surface area contributed by atoms with Crippen LogP contribution in [0.3, 0.4) is 0 Å². The summed E-state index contributed by atoms with van der Waals surface area (Å²) in [4.78, 5) is 46.9. The molecule has 4 saturated heterocycles. The smallest absolute Gasteiger partial charge is 0.315 e. The number of hydrogen-bond acceptors (Lipinski definition) is 8. The second-order valence-electron chi connectivity index (χ2n) is 10.7. The quantitative estimate of drug-likeness (QED) is 0.0934. The third-order valence-corrected chi connectivity index (χ3v) is 10.7. The molecular formula is C26H44N6O6S2. The molecule has 6 unspecified atom stereocenters. The standard InChI is InChI=1S/C26H44N6O6S2/c33-21(7-3-1-5-19-23-17(15-39-19)29-25(35)31-23)27-9-11-37-13-14-38-12-10-28-22(34)8-4-2-6-20-24-18(16-40-20)30-26(36)32-24/h17-20,23-24H,1-16H2,(H,27,33)(H,28,34)(H2,29,31,35)(H2,30,32,36). The molecule has 12 nitrogen and oxygen atoms in total. The average Bonchev–Trinajstić information content (AvgIpc) is 3.68. The second kappa shape index (κ2) is 16.5. The zero-order chi connectivity index (χ0) is 28.2. The average molecular weight is 601 g/mol. The van der Waals surface area contributed by atoms with Gasteiger partial charge in [-0.3, -0.25) is 9.59 Å². The van der Waals surface area contributed by atoms with Gasteiger partial charge in [-0.2, -0.15) is 23.5 Å². The highest BCUT2D eigenvalue weighted by Crippen LogP contribution is 2.34. The maximum atomic E-state index is 12.0. The van der Waals surface area contributed by atoms with Crippen LogP contribution >= 0.6 is 23.5 Å². The molecule has 40 heavy (non-hydrogen) atoms. The number of urea groups is 2. The zero-order valence-electron chi connectivity index (χ0n) is 23.0. The van der Waals surface area contributed by atoms with Crippen molar-refractivity contribution in [2.24, 2.45) is 0 Å². The minimum Gasteiger partial charge on any atom is -0.377 e. The van der Waals surface area contributed by atoms with Crippen molar-refractivity contribution in [1.82, 2.24) is 31.9 Å². The lowest BCUT2D eigenvalue weighted by molar-refractivity contribution is -0.122. The van der Waals surface area contributed by atoms with Crippen LogP contribution in [0.15, 0.2) is 0 Å². The Labute approximate surface area is 244 Å². The summed E-state index contributed by atoms with van der Waals surface area (Å²) < 4.78 is 11.0. The van der Waals surface area contributed by atoms with Gasteiger partial charge in [0.25, 0.3) is 0 Å². The number of unbranched alkanes of at least 4 members (excludes halogenated alkanes) is 2. The fourth-order valence-corrected chi connectivity index (χ4v) is 8.66. The Morgan fingerprint density at radius 3 is 1.57 bits per heavy atom. The van der Waals surface area contributed by atoms with Crippen LogP contribution in [0.4, 0.5) is 9.59 Å². The molecule has 4 heterocycles. The lowest BCUT2D eigenvalue weighted by atomic mass is 10.0. The van der Waals surface area contributed by atoms with Crippen LogP contribution in [0, 0.1) is 0 Å². The minimum atomic E-state index is -0.0620. The second-order valence-corrected chi connectivity index (χ2v) is 13.2. The first-order valence-electron chi connectivity index (χ1n) is 14.6. The van der Waals surface area contributed by atoms with Crippen molar-refractivity contribution in [1.29, 1.82) is 0 Å². The van der Waals surface area contributed by atoms with E-state index in [1.165, 1.54) is 0 Å². The molecule has 0 spiro atoms. The van der Waals surface area contributed by atoms with E-state index in [0.29, 0.717) is 62.9 Å². The van der Waals surface area contributed by atoms with Crippen LogP contribution in [-0.2, 0) is 19.1 Å². The highest BCUT2D eigenvalue weighted by Gasteiger charge is 2.43. The first-order valence-corrected chi connectivity index (χ1v) is 16.7. The zero-order valence-corrected chi connectivity index (χ0v) is 24.7. The van der Waals surface area contributed by atoms with E-state index < -0.39 is 0 Å². The molecule has 0 saturated carbocycles. The summed E-state index contributed by atoms with van der Waals surface area (Å²) in [5.74, 6) is 1.99. The van der Waals surface area contributed by atoms with Crippen LogP contribution in [0.1, 0.15) is 51.4 Å². The van der Waals surface area contributed by atoms with E-state index in [1.807, 2.05) is 23.5 Å². The first-order chi connectivity index (χ1) is 19.5. The summed E-state index contributed by atoms with van der Waals surface area (Å²) in [6.07, 6.45) is 6.65. The van der Waals surface area contributed by atoms with Gasteiger partial charge in [-0.05, 0) is 25.7 Å². The monoisotopic (exact) mass is 600 g/mol. The molecule has 226 valence electrons. The number of nitrogens with one attached hydrogen (secondary N) is 6. The van der Waals surface area contributed by atoms with Gasteiger partial charge in [0, 0.05) is 47.9 Å². The van der Waals surface area contributed by atoms with Crippen LogP contribution in [0.5, 0.6) is 0 Å². The van der Waals surface area contributed by atoms with Crippen LogP contribution < -0.4 is 31.9 Å². The van der Waals surface area contributed by atoms with E-state index in [9.17, 15) is 19.2 Å². The number of hydrogen-bond donors (Lipinski definition) is 6. The Kier molecular flexibility index (Phi) is 12.8. The molecule has 0 radical (unpaired) electrons. The molecule has 0 aromatic rings. The van der Waals surface area contributed by atoms with E-state index in [2.05, 4.69) is 31.9 Å². The minimum absolute atomic E-state index is 0.0362. The summed E-state index contributed by atoms with van der Waals surface area (Å²) in [5, 5.41) is 18.5. The van der Waals surface area contributed by atoms with Crippen molar-refractivity contribution in [2.75, 3.05) is 51.0 Å². The molecule has 4 aliphatic heterocycles. The molecular weight excluding hydrogens is 556 g/mol. The van der Waals surface area contributed by atoms with Gasteiger partial charge in [0.2, 0.25) is 11.8 Å². The van der Waals surface area contributed by atoms with Gasteiger partial charge >= 0.3 is 12.1 Å². The van der Waals surface area contributed by atoms with E-state index in [0.717, 1.165) is 50.0 Å². The van der Waals surface area contributed by atoms with E-state index in [1.54, 1.807) is 0 Å². The number of ether oxygens (including phenoxy) is 2. The maximum absolute atomic E-state index is 12.0. The van der Waals surface area contributed by atoms with Crippen molar-refractivity contribution < 1.29 is 28.7 Å². The summed E-state index contributed by atoms with van der Waals surface area (Å²) in [5.41, 5.74) is 0. The van der Waals surface area contributed by atoms with Crippen molar-refractivity contribution in [3.63, 3.8) is 0 Å². The summed E-state index contributed by atoms with van der Waals surface area (Å²) >= 11 is 3.80. The lowest BCUT2D eigenvalue weighted by Gasteiger charge is -2.16. The van der Waals surface area contributed by atoms with E-state index >= 15 is 0 Å². The van der Waals surface area contributed by atoms with Crippen molar-refractivity contribution in [2.45, 2.75) is 86.0 Å². The Morgan fingerprint density at radius 1 is 0.675 bits per heavy atom. The molecule has 6 amide bonds. The summed E-state index contributed by atoms with van der Waals surface area (Å²) in [6.45, 7) is 2.69. The highest BCUT2D eigenvalue weighted by atomic mass is 32.2. The maximum Gasteiger partial charge on any atom is 0.315 e. The third kappa shape index (κ3) is 9.88. The molecule has 0 bridgehead atoms. The molecule has 4 rings (SSSR count). The summed E-state index contributed by atoms with van der Waals surface area (Å²) in [7, 11) is 0. The SMILES string of the molecule is O=C(CCCCC1SCC2NC(=O)NC21)NCCOCCOCCNC(=O)CCCCC1SCC2NC(=O)NC21. The van der Waals surface area contributed by atoms with Crippen LogP contribution in [-0.4, -0.2) is 110 Å². The largest absolute Gasteiger partial charge is 0.377 e. The van der Waals surface area contributed by atoms with Crippen LogP contribution in [0.25, 0.3) is 0 Å². The van der Waals surface area contributed by atoms with Crippen molar-refractivity contribution in [3.05, 3.63) is 0 Å². The highest BCUT2D eigenvalue weighted by molar-refractivity contribution is 8.00. The topological polar surface area (TPSA) is 159 Å². The molecule has 6 atom stereocenters. The molecule has 14 heteroatoms. The molecule has 0 aliphatic carbocycles. The summed E-state index contributed by atoms with van der Waals surface area (Å²) in [6, 6.07) is 0.811. The molecule has 4 fully saturated rings. The molecule has 4 aliphatic rings. The number of fused-ring (bicyclic) bond motifs is 2. The number of amides is 6. The predicted molar refractivity (Wildman–Crippen MR) is 156 cm³/mol. The normalized spacial score (nSPS) is 28.3. The van der Waals surface area contributed by atoms with Crippen molar-refractivity contribution >= 4 is 47.4 Å². The van der Waals surface area contributed by atoms with Gasteiger partial charge in [0.05, 0.1) is 50.6 Å². The van der Waals surface area contributed by atoms with Gasteiger partial charge in [0.15, 0.2) is 0 Å². The van der Waals surface area contributed by atoms with Gasteiger partial charge in [0.1, 0.15) is 0 Å². The van der Waals surface area contributed by atoms with E-state index in [-0.39, 0.29) is 48.0 Å². The Balaban J connectivity index is 0.868. The van der Waals surface area contributed by atoms with Gasteiger partial charge in [-0.15, -0.1) is 0 Å². The Hall–Kier alpha value is -1.90. The number of rotatable bonds is 19. The third-order valence-electron chi connectivity index (χ3n) is 7.67. The van der Waals surface area contributed by atoms with Gasteiger partial charge in [-0.25, -0.2) is 9.59 Å². The van der Waals surface area contributed by atoms with Crippen LogP contribution in [0.2, 0.25) is 0 Å². The molecule has 0 aromatic carbocycles. The Morgan fingerprint density at radius 2 is 1.12 bits per heavy atom. The fourth-order valence-electron chi connectivity index (χ4n) is 5.57. The predicted octanol–water partition coefficient (Wildman–Crippen LogP) is 0.704. The molecule has 6 N–H and O–H groups in total. The van der Waals surface area contributed by atoms with Crippen molar-refractivity contribution in [3.8, 4) is 0 Å².